The Bertz CT molecular complexity index is 221. The fourth-order valence-corrected chi connectivity index (χ4v) is 1.07. The van der Waals surface area contributed by atoms with Gasteiger partial charge in [-0.2, -0.15) is 25.3 Å². The second kappa shape index (κ2) is 6.19. The molecule has 0 radical (unpaired) electrons. The molecule has 1 amide bonds. The molecule has 0 aromatic rings. The van der Waals surface area contributed by atoms with E-state index >= 15 is 0 Å². The molecule has 0 aliphatic carbocycles. The van der Waals surface area contributed by atoms with Crippen LogP contribution < -0.4 is 0 Å². The molecule has 4 nitrogen and oxygen atoms in total. The molecule has 0 rings (SSSR count). The summed E-state index contributed by atoms with van der Waals surface area (Å²) < 4.78 is -0.146. The lowest BCUT2D eigenvalue weighted by Crippen LogP contribution is -2.40. The molecule has 0 bridgehead atoms. The van der Waals surface area contributed by atoms with Crippen LogP contribution in [0.1, 0.15) is 19.8 Å². The molecule has 0 aliphatic heterocycles. The van der Waals surface area contributed by atoms with E-state index in [4.69, 9.17) is 5.11 Å². The first kappa shape index (κ1) is 13.6. The van der Waals surface area contributed by atoms with Gasteiger partial charge in [0.25, 0.3) is 0 Å². The summed E-state index contributed by atoms with van der Waals surface area (Å²) >= 11 is 8.02. The van der Waals surface area contributed by atoms with Crippen LogP contribution in [0.15, 0.2) is 0 Å². The van der Waals surface area contributed by atoms with Gasteiger partial charge in [0.2, 0.25) is 5.91 Å². The van der Waals surface area contributed by atoms with E-state index in [-0.39, 0.29) is 16.9 Å². The van der Waals surface area contributed by atoms with E-state index in [1.165, 1.54) is 18.9 Å². The molecule has 0 fully saturated rings. The van der Waals surface area contributed by atoms with Crippen molar-refractivity contribution in [3.05, 3.63) is 0 Å². The maximum Gasteiger partial charge on any atom is 0.326 e. The number of nitrogens with zero attached hydrogens (tertiary/aromatic N) is 1. The van der Waals surface area contributed by atoms with Crippen LogP contribution in [0.3, 0.4) is 0 Å². The van der Waals surface area contributed by atoms with Crippen LogP contribution in [-0.4, -0.2) is 39.6 Å². The SMILES string of the molecule is C[C@@H](C(=O)O)N(C)C(=O)CCC(S)S. The summed E-state index contributed by atoms with van der Waals surface area (Å²) in [7, 11) is 1.48. The van der Waals surface area contributed by atoms with Crippen molar-refractivity contribution < 1.29 is 14.7 Å². The van der Waals surface area contributed by atoms with Crippen molar-refractivity contribution in [2.24, 2.45) is 0 Å². The molecule has 6 heteroatoms. The summed E-state index contributed by atoms with van der Waals surface area (Å²) in [5.74, 6) is -1.21. The third kappa shape index (κ3) is 4.76. The molecular formula is C8H15NO3S2. The topological polar surface area (TPSA) is 57.6 Å². The van der Waals surface area contributed by atoms with E-state index in [2.05, 4.69) is 25.3 Å². The minimum atomic E-state index is -1.01. The van der Waals surface area contributed by atoms with E-state index in [1.54, 1.807) is 0 Å². The van der Waals surface area contributed by atoms with Crippen LogP contribution in [0.4, 0.5) is 0 Å². The predicted molar refractivity (Wildman–Crippen MR) is 60.9 cm³/mol. The number of hydrogen-bond acceptors (Lipinski definition) is 4. The Kier molecular flexibility index (Phi) is 6.03. The Balaban J connectivity index is 4.05. The number of carboxylic acids is 1. The highest BCUT2D eigenvalue weighted by molar-refractivity contribution is 7.99. The second-order valence-corrected chi connectivity index (χ2v) is 4.69. The van der Waals surface area contributed by atoms with Crippen LogP contribution in [0, 0.1) is 0 Å². The lowest BCUT2D eigenvalue weighted by molar-refractivity contribution is -0.148. The van der Waals surface area contributed by atoms with Gasteiger partial charge in [0.05, 0.1) is 0 Å². The van der Waals surface area contributed by atoms with Gasteiger partial charge in [0, 0.05) is 18.1 Å². The molecule has 82 valence electrons. The summed E-state index contributed by atoms with van der Waals surface area (Å²) in [4.78, 5) is 23.2. The van der Waals surface area contributed by atoms with Crippen molar-refractivity contribution in [2.45, 2.75) is 30.4 Å². The van der Waals surface area contributed by atoms with Gasteiger partial charge in [-0.1, -0.05) is 0 Å². The summed E-state index contributed by atoms with van der Waals surface area (Å²) in [5, 5.41) is 8.65. The fraction of sp³-hybridized carbons (Fsp3) is 0.750. The van der Waals surface area contributed by atoms with Crippen molar-refractivity contribution in [1.82, 2.24) is 4.90 Å². The maximum absolute atomic E-state index is 11.4. The molecule has 0 spiro atoms. The van der Waals surface area contributed by atoms with Crippen molar-refractivity contribution >= 4 is 37.1 Å². The van der Waals surface area contributed by atoms with E-state index in [0.29, 0.717) is 6.42 Å². The van der Waals surface area contributed by atoms with E-state index in [1.807, 2.05) is 0 Å². The van der Waals surface area contributed by atoms with Gasteiger partial charge in [-0.3, -0.25) is 4.79 Å². The normalized spacial score (nSPS) is 12.6. The third-order valence-electron chi connectivity index (χ3n) is 1.95. The summed E-state index contributed by atoms with van der Waals surface area (Å²) in [6.45, 7) is 1.47. The van der Waals surface area contributed by atoms with Gasteiger partial charge < -0.3 is 10.0 Å². The number of aliphatic carboxylic acids is 1. The van der Waals surface area contributed by atoms with Crippen LogP contribution in [0.2, 0.25) is 0 Å². The minimum Gasteiger partial charge on any atom is -0.480 e. The summed E-state index contributed by atoms with van der Waals surface area (Å²) in [6.07, 6.45) is 0.799. The van der Waals surface area contributed by atoms with Crippen LogP contribution in [0.25, 0.3) is 0 Å². The van der Waals surface area contributed by atoms with Crippen LogP contribution >= 0.6 is 25.3 Å². The molecular weight excluding hydrogens is 222 g/mol. The number of thiol groups is 2. The monoisotopic (exact) mass is 237 g/mol. The zero-order valence-electron chi connectivity index (χ0n) is 8.17. The number of likely N-dealkylation sites (N-methyl/N-ethyl adjacent to an activating group) is 1. The van der Waals surface area contributed by atoms with Crippen LogP contribution in [0.5, 0.6) is 0 Å². The lowest BCUT2D eigenvalue weighted by atomic mass is 10.2. The first-order valence-corrected chi connectivity index (χ1v) is 5.24. The minimum absolute atomic E-state index is 0.146. The Hall–Kier alpha value is -0.360. The van der Waals surface area contributed by atoms with Gasteiger partial charge in [0.1, 0.15) is 6.04 Å². The number of amides is 1. The predicted octanol–water partition coefficient (Wildman–Crippen LogP) is 0.884. The molecule has 0 saturated carbocycles. The zero-order valence-corrected chi connectivity index (χ0v) is 9.96. The average Bonchev–Trinajstić information content (AvgIpc) is 2.11. The average molecular weight is 237 g/mol. The fourth-order valence-electron chi connectivity index (χ4n) is 0.811. The molecule has 1 N–H and O–H groups in total. The highest BCUT2D eigenvalue weighted by Gasteiger charge is 2.21. The van der Waals surface area contributed by atoms with Crippen LogP contribution in [-0.2, 0) is 9.59 Å². The molecule has 1 atom stereocenters. The van der Waals surface area contributed by atoms with Gasteiger partial charge in [-0.15, -0.1) is 0 Å². The van der Waals surface area contributed by atoms with Gasteiger partial charge >= 0.3 is 5.97 Å². The third-order valence-corrected chi connectivity index (χ3v) is 2.46. The Morgan fingerprint density at radius 1 is 1.43 bits per heavy atom. The van der Waals surface area contributed by atoms with E-state index in [0.717, 1.165) is 0 Å². The van der Waals surface area contributed by atoms with Gasteiger partial charge in [-0.25, -0.2) is 4.79 Å². The number of rotatable bonds is 5. The molecule has 0 aromatic heterocycles. The smallest absolute Gasteiger partial charge is 0.326 e. The van der Waals surface area contributed by atoms with E-state index in [9.17, 15) is 9.59 Å². The highest BCUT2D eigenvalue weighted by atomic mass is 32.2. The molecule has 0 aromatic carbocycles. The number of hydrogen-bond donors (Lipinski definition) is 3. The highest BCUT2D eigenvalue weighted by Crippen LogP contribution is 2.10. The molecule has 14 heavy (non-hydrogen) atoms. The van der Waals surface area contributed by atoms with Gasteiger partial charge in [-0.05, 0) is 13.3 Å². The standard InChI is InChI=1S/C8H15NO3S2/c1-5(8(11)12)9(2)6(10)3-4-7(13)14/h5,7,13-14H,3-4H2,1-2H3,(H,11,12)/t5-/m0/s1. The largest absolute Gasteiger partial charge is 0.480 e. The van der Waals surface area contributed by atoms with Crippen molar-refractivity contribution in [2.75, 3.05) is 7.05 Å². The summed E-state index contributed by atoms with van der Waals surface area (Å²) in [5.41, 5.74) is 0. The maximum atomic E-state index is 11.4. The van der Waals surface area contributed by atoms with Gasteiger partial charge in [0.15, 0.2) is 0 Å². The Morgan fingerprint density at radius 2 is 1.93 bits per heavy atom. The molecule has 0 saturated heterocycles. The second-order valence-electron chi connectivity index (χ2n) is 3.04. The van der Waals surface area contributed by atoms with E-state index < -0.39 is 12.0 Å². The quantitative estimate of drug-likeness (QED) is 0.491. The first-order chi connectivity index (χ1) is 6.36. The lowest BCUT2D eigenvalue weighted by Gasteiger charge is -2.21. The zero-order chi connectivity index (χ0) is 11.3. The molecule has 0 aliphatic rings. The van der Waals surface area contributed by atoms with Crippen molar-refractivity contribution in [3.63, 3.8) is 0 Å². The Morgan fingerprint density at radius 3 is 2.29 bits per heavy atom. The molecule has 0 unspecified atom stereocenters. The number of carbonyl (C=O) groups excluding carboxylic acids is 1. The number of carbonyl (C=O) groups is 2. The number of carboxylic acid groups (broad SMARTS) is 1. The summed E-state index contributed by atoms with van der Waals surface area (Å²) in [6, 6.07) is -0.791. The first-order valence-electron chi connectivity index (χ1n) is 4.21. The van der Waals surface area contributed by atoms with Crippen molar-refractivity contribution in [1.29, 1.82) is 0 Å². The Labute approximate surface area is 94.5 Å². The molecule has 0 heterocycles. The van der Waals surface area contributed by atoms with Crippen molar-refractivity contribution in [3.8, 4) is 0 Å².